The Bertz CT molecular complexity index is 1110. The number of nitrogens with one attached hydrogen (secondary N) is 1. The van der Waals surface area contributed by atoms with Gasteiger partial charge in [0.1, 0.15) is 11.9 Å². The number of methoxy groups -OCH3 is 2. The summed E-state index contributed by atoms with van der Waals surface area (Å²) >= 11 is 0. The van der Waals surface area contributed by atoms with Crippen LogP contribution in [0, 0.1) is 5.82 Å². The van der Waals surface area contributed by atoms with E-state index >= 15 is 0 Å². The summed E-state index contributed by atoms with van der Waals surface area (Å²) in [5.41, 5.74) is 2.14. The Morgan fingerprint density at radius 2 is 1.71 bits per heavy atom. The van der Waals surface area contributed by atoms with Gasteiger partial charge in [0, 0.05) is 12.7 Å². The Morgan fingerprint density at radius 1 is 1.00 bits per heavy atom. The van der Waals surface area contributed by atoms with Gasteiger partial charge in [0.15, 0.2) is 11.5 Å². The second kappa shape index (κ2) is 11.8. The molecule has 3 aromatic rings. The lowest BCUT2D eigenvalue weighted by Crippen LogP contribution is -2.48. The monoisotopic (exact) mass is 465 g/mol. The zero-order valence-corrected chi connectivity index (χ0v) is 19.5. The number of benzene rings is 2. The largest absolute Gasteiger partial charge is 0.493 e. The molecule has 1 atom stereocenters. The van der Waals surface area contributed by atoms with Crippen molar-refractivity contribution < 1.29 is 23.5 Å². The van der Waals surface area contributed by atoms with E-state index in [1.807, 2.05) is 12.1 Å². The molecule has 0 aliphatic carbocycles. The fourth-order valence-corrected chi connectivity index (χ4v) is 3.46. The van der Waals surface area contributed by atoms with Gasteiger partial charge in [-0.1, -0.05) is 24.3 Å². The van der Waals surface area contributed by atoms with E-state index in [1.165, 1.54) is 24.1 Å². The van der Waals surface area contributed by atoms with Crippen LogP contribution in [-0.4, -0.2) is 42.0 Å². The van der Waals surface area contributed by atoms with Gasteiger partial charge >= 0.3 is 0 Å². The van der Waals surface area contributed by atoms with Crippen LogP contribution in [-0.2, 0) is 29.1 Å². The predicted octanol–water partition coefficient (Wildman–Crippen LogP) is 3.51. The Hall–Kier alpha value is -3.94. The molecule has 2 aromatic carbocycles. The molecule has 0 aliphatic rings. The van der Waals surface area contributed by atoms with E-state index in [-0.39, 0.29) is 37.1 Å². The van der Waals surface area contributed by atoms with Crippen molar-refractivity contribution in [3.05, 3.63) is 89.5 Å². The summed E-state index contributed by atoms with van der Waals surface area (Å²) < 4.78 is 24.0. The van der Waals surface area contributed by atoms with Crippen LogP contribution in [0.25, 0.3) is 0 Å². The topological polar surface area (TPSA) is 80.8 Å². The molecule has 0 bridgehead atoms. The molecular formula is C26H28FN3O4. The summed E-state index contributed by atoms with van der Waals surface area (Å²) in [7, 11) is 3.07. The number of rotatable bonds is 10. The average Bonchev–Trinajstić information content (AvgIpc) is 2.86. The zero-order chi connectivity index (χ0) is 24.5. The van der Waals surface area contributed by atoms with Crippen molar-refractivity contribution in [2.45, 2.75) is 32.5 Å². The highest BCUT2D eigenvalue weighted by Gasteiger charge is 2.26. The number of nitrogens with zero attached hydrogens (tertiary/aromatic N) is 2. The van der Waals surface area contributed by atoms with Crippen molar-refractivity contribution in [1.82, 2.24) is 15.2 Å². The van der Waals surface area contributed by atoms with E-state index in [1.54, 1.807) is 56.6 Å². The fourth-order valence-electron chi connectivity index (χ4n) is 3.46. The van der Waals surface area contributed by atoms with Gasteiger partial charge in [0.2, 0.25) is 11.8 Å². The molecule has 0 saturated carbocycles. The standard InChI is InChI=1S/C26H28FN3O4/c1-18(26(32)29-16-22-6-4-5-13-28-22)30(17-19-7-10-21(27)11-8-19)25(31)15-20-9-12-23(33-2)24(14-20)34-3/h4-14,18H,15-17H2,1-3H3,(H,29,32). The predicted molar refractivity (Wildman–Crippen MR) is 126 cm³/mol. The maximum absolute atomic E-state index is 13.4. The van der Waals surface area contributed by atoms with Gasteiger partial charge in [-0.05, 0) is 54.4 Å². The Balaban J connectivity index is 1.78. The number of pyridine rings is 1. The highest BCUT2D eigenvalue weighted by Crippen LogP contribution is 2.28. The molecule has 1 N–H and O–H groups in total. The summed E-state index contributed by atoms with van der Waals surface area (Å²) in [6.07, 6.45) is 1.71. The van der Waals surface area contributed by atoms with Crippen molar-refractivity contribution in [3.63, 3.8) is 0 Å². The first-order valence-electron chi connectivity index (χ1n) is 10.8. The highest BCUT2D eigenvalue weighted by atomic mass is 19.1. The third-order valence-corrected chi connectivity index (χ3v) is 5.41. The van der Waals surface area contributed by atoms with Crippen molar-refractivity contribution in [1.29, 1.82) is 0 Å². The smallest absolute Gasteiger partial charge is 0.242 e. The minimum Gasteiger partial charge on any atom is -0.493 e. The van der Waals surface area contributed by atoms with Crippen LogP contribution in [0.15, 0.2) is 66.9 Å². The Morgan fingerprint density at radius 3 is 2.35 bits per heavy atom. The van der Waals surface area contributed by atoms with Crippen molar-refractivity contribution >= 4 is 11.8 Å². The molecule has 3 rings (SSSR count). The number of halogens is 1. The summed E-state index contributed by atoms with van der Waals surface area (Å²) in [5.74, 6) is 0.140. The second-order valence-corrected chi connectivity index (χ2v) is 7.73. The van der Waals surface area contributed by atoms with E-state index in [2.05, 4.69) is 10.3 Å². The van der Waals surface area contributed by atoms with Crippen molar-refractivity contribution in [3.8, 4) is 11.5 Å². The van der Waals surface area contributed by atoms with E-state index in [0.717, 1.165) is 0 Å². The van der Waals surface area contributed by atoms with Gasteiger partial charge in [0.05, 0.1) is 32.9 Å². The summed E-state index contributed by atoms with van der Waals surface area (Å²) in [6, 6.07) is 15.8. The van der Waals surface area contributed by atoms with Gasteiger partial charge < -0.3 is 19.7 Å². The molecule has 0 saturated heterocycles. The van der Waals surface area contributed by atoms with Gasteiger partial charge in [-0.2, -0.15) is 0 Å². The number of ether oxygens (including phenoxy) is 2. The molecule has 0 spiro atoms. The third-order valence-electron chi connectivity index (χ3n) is 5.41. The Kier molecular flexibility index (Phi) is 8.56. The van der Waals surface area contributed by atoms with E-state index in [4.69, 9.17) is 9.47 Å². The summed E-state index contributed by atoms with van der Waals surface area (Å²) in [5, 5.41) is 2.83. The number of aromatic nitrogens is 1. The van der Waals surface area contributed by atoms with Crippen LogP contribution >= 0.6 is 0 Å². The second-order valence-electron chi connectivity index (χ2n) is 7.73. The Labute approximate surface area is 198 Å². The molecular weight excluding hydrogens is 437 g/mol. The van der Waals surface area contributed by atoms with Gasteiger partial charge in [-0.15, -0.1) is 0 Å². The molecule has 8 heteroatoms. The molecule has 178 valence electrons. The van der Waals surface area contributed by atoms with E-state index < -0.39 is 6.04 Å². The third kappa shape index (κ3) is 6.54. The van der Waals surface area contributed by atoms with Crippen LogP contribution in [0.1, 0.15) is 23.7 Å². The summed E-state index contributed by atoms with van der Waals surface area (Å²) in [4.78, 5) is 31.9. The molecule has 1 heterocycles. The normalized spacial score (nSPS) is 11.4. The van der Waals surface area contributed by atoms with Crippen LogP contribution in [0.5, 0.6) is 11.5 Å². The first kappa shape index (κ1) is 24.7. The lowest BCUT2D eigenvalue weighted by atomic mass is 10.1. The van der Waals surface area contributed by atoms with Crippen LogP contribution < -0.4 is 14.8 Å². The lowest BCUT2D eigenvalue weighted by Gasteiger charge is -2.29. The van der Waals surface area contributed by atoms with Gasteiger partial charge in [-0.3, -0.25) is 14.6 Å². The first-order valence-corrected chi connectivity index (χ1v) is 10.8. The molecule has 0 fully saturated rings. The quantitative estimate of drug-likeness (QED) is 0.496. The highest BCUT2D eigenvalue weighted by molar-refractivity contribution is 5.88. The van der Waals surface area contributed by atoms with Crippen molar-refractivity contribution in [2.75, 3.05) is 14.2 Å². The molecule has 7 nitrogen and oxygen atoms in total. The number of carbonyl (C=O) groups excluding carboxylic acids is 2. The molecule has 0 radical (unpaired) electrons. The summed E-state index contributed by atoms with van der Waals surface area (Å²) in [6.45, 7) is 2.08. The number of carbonyl (C=O) groups is 2. The minimum atomic E-state index is -0.763. The van der Waals surface area contributed by atoms with Gasteiger partial charge in [0.25, 0.3) is 0 Å². The average molecular weight is 466 g/mol. The van der Waals surface area contributed by atoms with E-state index in [9.17, 15) is 14.0 Å². The molecule has 1 aromatic heterocycles. The SMILES string of the molecule is COc1ccc(CC(=O)N(Cc2ccc(F)cc2)C(C)C(=O)NCc2ccccn2)cc1OC. The molecule has 34 heavy (non-hydrogen) atoms. The number of amides is 2. The van der Waals surface area contributed by atoms with Crippen molar-refractivity contribution in [2.24, 2.45) is 0 Å². The zero-order valence-electron chi connectivity index (χ0n) is 19.5. The maximum Gasteiger partial charge on any atom is 0.242 e. The van der Waals surface area contributed by atoms with E-state index in [0.29, 0.717) is 28.3 Å². The minimum absolute atomic E-state index is 0.0550. The number of hydrogen-bond donors (Lipinski definition) is 1. The van der Waals surface area contributed by atoms with Crippen LogP contribution in [0.4, 0.5) is 4.39 Å². The maximum atomic E-state index is 13.4. The molecule has 0 aliphatic heterocycles. The molecule has 2 amide bonds. The molecule has 1 unspecified atom stereocenters. The fraction of sp³-hybridized carbons (Fsp3) is 0.269. The van der Waals surface area contributed by atoms with Crippen LogP contribution in [0.3, 0.4) is 0 Å². The van der Waals surface area contributed by atoms with Crippen LogP contribution in [0.2, 0.25) is 0 Å². The lowest BCUT2D eigenvalue weighted by molar-refractivity contribution is -0.140. The van der Waals surface area contributed by atoms with Gasteiger partial charge in [-0.25, -0.2) is 4.39 Å². The number of hydrogen-bond acceptors (Lipinski definition) is 5. The first-order chi connectivity index (χ1) is 16.4.